The second kappa shape index (κ2) is 4.85. The van der Waals surface area contributed by atoms with Gasteiger partial charge in [0.05, 0.1) is 0 Å². The van der Waals surface area contributed by atoms with E-state index < -0.39 is 12.0 Å². The quantitative estimate of drug-likeness (QED) is 0.457. The van der Waals surface area contributed by atoms with Crippen molar-refractivity contribution in [2.75, 3.05) is 0 Å². The summed E-state index contributed by atoms with van der Waals surface area (Å²) < 4.78 is 0. The molecule has 1 unspecified atom stereocenters. The molecule has 0 rings (SSSR count). The number of nitrogens with zero attached hydrogens (tertiary/aromatic N) is 1. The predicted molar refractivity (Wildman–Crippen MR) is 43.2 cm³/mol. The van der Waals surface area contributed by atoms with E-state index in [1.807, 2.05) is 13.8 Å². The van der Waals surface area contributed by atoms with Crippen molar-refractivity contribution in [3.63, 3.8) is 0 Å². The first kappa shape index (κ1) is 10.1. The van der Waals surface area contributed by atoms with Crippen molar-refractivity contribution >= 4 is 11.6 Å². The molecular weight excluding hydrogens is 144 g/mol. The SMILES string of the molecule is CC/C(C)=N/NC(=O)C(C)O. The Kier molecular flexibility index (Phi) is 4.45. The minimum absolute atomic E-state index is 0.474. The molecule has 64 valence electrons. The number of aliphatic hydroxyl groups is 1. The number of carbonyl (C=O) groups is 1. The van der Waals surface area contributed by atoms with Crippen molar-refractivity contribution in [3.8, 4) is 0 Å². The number of hydrogen-bond acceptors (Lipinski definition) is 3. The van der Waals surface area contributed by atoms with Gasteiger partial charge in [0.2, 0.25) is 0 Å². The topological polar surface area (TPSA) is 61.7 Å². The Morgan fingerprint density at radius 2 is 2.27 bits per heavy atom. The zero-order valence-corrected chi connectivity index (χ0v) is 7.09. The fourth-order valence-electron chi connectivity index (χ4n) is 0.323. The fraction of sp³-hybridized carbons (Fsp3) is 0.714. The Bertz CT molecular complexity index is 164. The van der Waals surface area contributed by atoms with Gasteiger partial charge in [-0.3, -0.25) is 4.79 Å². The van der Waals surface area contributed by atoms with Crippen molar-refractivity contribution in [1.82, 2.24) is 5.43 Å². The number of nitrogens with one attached hydrogen (secondary N) is 1. The number of carbonyl (C=O) groups excluding carboxylic acids is 1. The van der Waals surface area contributed by atoms with Crippen molar-refractivity contribution in [3.05, 3.63) is 0 Å². The minimum atomic E-state index is -0.997. The smallest absolute Gasteiger partial charge is 0.268 e. The van der Waals surface area contributed by atoms with Gasteiger partial charge in [-0.25, -0.2) is 5.43 Å². The predicted octanol–water partition coefficient (Wildman–Crippen LogP) is 0.269. The number of hydrazone groups is 1. The van der Waals surface area contributed by atoms with Gasteiger partial charge in [-0.1, -0.05) is 6.92 Å². The van der Waals surface area contributed by atoms with Gasteiger partial charge in [-0.15, -0.1) is 0 Å². The highest BCUT2D eigenvalue weighted by molar-refractivity contribution is 5.85. The van der Waals surface area contributed by atoms with Crippen molar-refractivity contribution in [2.24, 2.45) is 5.10 Å². The summed E-state index contributed by atoms with van der Waals surface area (Å²) in [6, 6.07) is 0. The van der Waals surface area contributed by atoms with E-state index in [-0.39, 0.29) is 0 Å². The van der Waals surface area contributed by atoms with Crippen LogP contribution in [0.3, 0.4) is 0 Å². The number of aliphatic hydroxyl groups excluding tert-OH is 1. The molecule has 0 aromatic rings. The standard InChI is InChI=1S/C7H14N2O2/c1-4-5(2)8-9-7(11)6(3)10/h6,10H,4H2,1-3H3,(H,9,11)/b8-5+. The van der Waals surface area contributed by atoms with Crippen LogP contribution in [0.25, 0.3) is 0 Å². The summed E-state index contributed by atoms with van der Waals surface area (Å²) in [6.45, 7) is 5.14. The maximum Gasteiger partial charge on any atom is 0.268 e. The van der Waals surface area contributed by atoms with Crippen LogP contribution in [0, 0.1) is 0 Å². The first-order valence-corrected chi connectivity index (χ1v) is 3.59. The van der Waals surface area contributed by atoms with Gasteiger partial charge >= 0.3 is 0 Å². The molecule has 0 aromatic heterocycles. The molecule has 0 aliphatic carbocycles. The summed E-state index contributed by atoms with van der Waals surface area (Å²) >= 11 is 0. The van der Waals surface area contributed by atoms with E-state index in [9.17, 15) is 4.79 Å². The van der Waals surface area contributed by atoms with Gasteiger partial charge in [0.1, 0.15) is 6.10 Å². The minimum Gasteiger partial charge on any atom is -0.383 e. The Morgan fingerprint density at radius 3 is 2.64 bits per heavy atom. The second-order valence-electron chi connectivity index (χ2n) is 2.35. The summed E-state index contributed by atoms with van der Waals surface area (Å²) in [5.41, 5.74) is 3.06. The average Bonchev–Trinajstić information content (AvgIpc) is 1.99. The Balaban J connectivity index is 3.78. The molecule has 0 heterocycles. The second-order valence-corrected chi connectivity index (χ2v) is 2.35. The van der Waals surface area contributed by atoms with Crippen molar-refractivity contribution in [2.45, 2.75) is 33.3 Å². The third-order valence-corrected chi connectivity index (χ3v) is 1.25. The van der Waals surface area contributed by atoms with Gasteiger partial charge < -0.3 is 5.11 Å². The molecule has 4 heteroatoms. The summed E-state index contributed by atoms with van der Waals surface area (Å²) in [7, 11) is 0. The molecule has 1 amide bonds. The van der Waals surface area contributed by atoms with Crippen LogP contribution in [-0.2, 0) is 4.79 Å². The van der Waals surface area contributed by atoms with Crippen LogP contribution < -0.4 is 5.43 Å². The lowest BCUT2D eigenvalue weighted by Gasteiger charge is -2.01. The van der Waals surface area contributed by atoms with Crippen molar-refractivity contribution in [1.29, 1.82) is 0 Å². The maximum atomic E-state index is 10.7. The molecule has 0 spiro atoms. The number of hydrogen-bond donors (Lipinski definition) is 2. The van der Waals surface area contributed by atoms with Crippen LogP contribution in [0.2, 0.25) is 0 Å². The molecule has 0 saturated heterocycles. The van der Waals surface area contributed by atoms with Gasteiger partial charge in [-0.05, 0) is 20.3 Å². The largest absolute Gasteiger partial charge is 0.383 e. The van der Waals surface area contributed by atoms with Crippen LogP contribution in [-0.4, -0.2) is 22.8 Å². The van der Waals surface area contributed by atoms with Crippen LogP contribution in [0.5, 0.6) is 0 Å². The summed E-state index contributed by atoms with van der Waals surface area (Å²) in [5.74, 6) is -0.474. The van der Waals surface area contributed by atoms with E-state index in [0.29, 0.717) is 0 Å². The molecule has 1 atom stereocenters. The lowest BCUT2D eigenvalue weighted by Crippen LogP contribution is -2.29. The van der Waals surface area contributed by atoms with Gasteiger partial charge in [0.25, 0.3) is 5.91 Å². The van der Waals surface area contributed by atoms with Crippen LogP contribution in [0.4, 0.5) is 0 Å². The maximum absolute atomic E-state index is 10.7. The Labute approximate surface area is 66.3 Å². The highest BCUT2D eigenvalue weighted by Crippen LogP contribution is 1.83. The Morgan fingerprint density at radius 1 is 1.73 bits per heavy atom. The molecule has 0 aliphatic heterocycles. The van der Waals surface area contributed by atoms with E-state index >= 15 is 0 Å². The molecule has 0 radical (unpaired) electrons. The van der Waals surface area contributed by atoms with Gasteiger partial charge in [0, 0.05) is 5.71 Å². The normalized spacial score (nSPS) is 14.4. The van der Waals surface area contributed by atoms with E-state index in [2.05, 4.69) is 10.5 Å². The molecule has 0 bridgehead atoms. The lowest BCUT2D eigenvalue weighted by molar-refractivity contribution is -0.128. The monoisotopic (exact) mass is 158 g/mol. The lowest BCUT2D eigenvalue weighted by atomic mass is 10.3. The average molecular weight is 158 g/mol. The third-order valence-electron chi connectivity index (χ3n) is 1.25. The molecule has 4 nitrogen and oxygen atoms in total. The molecule has 0 aromatic carbocycles. The third kappa shape index (κ3) is 4.50. The Hall–Kier alpha value is -0.900. The van der Waals surface area contributed by atoms with Crippen LogP contribution in [0.15, 0.2) is 5.10 Å². The molecular formula is C7H14N2O2. The van der Waals surface area contributed by atoms with E-state index in [4.69, 9.17) is 5.11 Å². The van der Waals surface area contributed by atoms with Crippen LogP contribution in [0.1, 0.15) is 27.2 Å². The first-order valence-electron chi connectivity index (χ1n) is 3.59. The number of amides is 1. The zero-order chi connectivity index (χ0) is 8.85. The highest BCUT2D eigenvalue weighted by Gasteiger charge is 2.05. The molecule has 0 saturated carbocycles. The highest BCUT2D eigenvalue weighted by atomic mass is 16.3. The number of rotatable bonds is 3. The van der Waals surface area contributed by atoms with Crippen molar-refractivity contribution < 1.29 is 9.90 Å². The van der Waals surface area contributed by atoms with Gasteiger partial charge in [-0.2, -0.15) is 5.10 Å². The van der Waals surface area contributed by atoms with Gasteiger partial charge in [0.15, 0.2) is 0 Å². The molecule has 0 aliphatic rings. The molecule has 11 heavy (non-hydrogen) atoms. The first-order chi connectivity index (χ1) is 5.07. The summed E-state index contributed by atoms with van der Waals surface area (Å²) in [4.78, 5) is 10.7. The summed E-state index contributed by atoms with van der Waals surface area (Å²) in [6.07, 6.45) is -0.205. The molecule has 0 fully saturated rings. The van der Waals surface area contributed by atoms with E-state index in [1.54, 1.807) is 0 Å². The van der Waals surface area contributed by atoms with E-state index in [0.717, 1.165) is 12.1 Å². The van der Waals surface area contributed by atoms with E-state index in [1.165, 1.54) is 6.92 Å². The van der Waals surface area contributed by atoms with Crippen LogP contribution >= 0.6 is 0 Å². The fourth-order valence-corrected chi connectivity index (χ4v) is 0.323. The summed E-state index contributed by atoms with van der Waals surface area (Å²) in [5, 5.41) is 12.4. The molecule has 2 N–H and O–H groups in total. The zero-order valence-electron chi connectivity index (χ0n) is 7.09.